The van der Waals surface area contributed by atoms with E-state index in [9.17, 15) is 4.39 Å². The molecule has 0 amide bonds. The fourth-order valence-corrected chi connectivity index (χ4v) is 2.04. The highest BCUT2D eigenvalue weighted by atomic mass is 19.1. The number of hydrogen-bond acceptors (Lipinski definition) is 2. The van der Waals surface area contributed by atoms with E-state index in [0.29, 0.717) is 13.0 Å². The van der Waals surface area contributed by atoms with Crippen LogP contribution in [0.3, 0.4) is 0 Å². The Morgan fingerprint density at radius 1 is 1.16 bits per heavy atom. The Morgan fingerprint density at radius 2 is 1.95 bits per heavy atom. The molecule has 0 aliphatic carbocycles. The summed E-state index contributed by atoms with van der Waals surface area (Å²) < 4.78 is 18.6. The van der Waals surface area contributed by atoms with E-state index in [0.717, 1.165) is 16.9 Å². The lowest BCUT2D eigenvalue weighted by molar-refractivity contribution is 0.339. The number of hydrogen-bond donors (Lipinski definition) is 1. The molecule has 1 atom stereocenters. The number of ether oxygens (including phenoxy) is 1. The summed E-state index contributed by atoms with van der Waals surface area (Å²) in [6.07, 6.45) is 0.605. The molecule has 2 N–H and O–H groups in total. The van der Waals surface area contributed by atoms with E-state index >= 15 is 0 Å². The van der Waals surface area contributed by atoms with Gasteiger partial charge in [-0.15, -0.1) is 0 Å². The van der Waals surface area contributed by atoms with Gasteiger partial charge in [0.05, 0.1) is 6.61 Å². The van der Waals surface area contributed by atoms with Crippen LogP contribution in [0.15, 0.2) is 48.5 Å². The van der Waals surface area contributed by atoms with Crippen molar-refractivity contribution in [3.8, 4) is 5.75 Å². The van der Waals surface area contributed by atoms with Gasteiger partial charge in [0, 0.05) is 6.04 Å². The predicted octanol–water partition coefficient (Wildman–Crippen LogP) is 3.47. The lowest BCUT2D eigenvalue weighted by Gasteiger charge is -2.13. The summed E-state index contributed by atoms with van der Waals surface area (Å²) >= 11 is 0. The molecule has 3 heteroatoms. The molecular weight excluding hydrogens is 241 g/mol. The molecular formula is C16H18FNO. The van der Waals surface area contributed by atoms with Crippen molar-refractivity contribution >= 4 is 0 Å². The van der Waals surface area contributed by atoms with Crippen LogP contribution in [0.4, 0.5) is 4.39 Å². The van der Waals surface area contributed by atoms with Gasteiger partial charge in [-0.3, -0.25) is 0 Å². The highest BCUT2D eigenvalue weighted by Crippen LogP contribution is 2.21. The van der Waals surface area contributed by atoms with Crippen molar-refractivity contribution in [2.45, 2.75) is 19.4 Å². The summed E-state index contributed by atoms with van der Waals surface area (Å²) in [4.78, 5) is 0. The lowest BCUT2D eigenvalue weighted by atomic mass is 9.99. The van der Waals surface area contributed by atoms with Gasteiger partial charge in [-0.05, 0) is 48.7 Å². The molecule has 2 aromatic rings. The first-order valence-electron chi connectivity index (χ1n) is 6.42. The van der Waals surface area contributed by atoms with Crippen LogP contribution >= 0.6 is 0 Å². The first-order valence-corrected chi connectivity index (χ1v) is 6.42. The Hall–Kier alpha value is -1.87. The number of nitrogens with two attached hydrogens (primary N) is 1. The maximum Gasteiger partial charge on any atom is 0.123 e. The Kier molecular flexibility index (Phi) is 4.53. The van der Waals surface area contributed by atoms with Crippen LogP contribution in [-0.2, 0) is 6.42 Å². The summed E-state index contributed by atoms with van der Waals surface area (Å²) in [5, 5.41) is 0. The van der Waals surface area contributed by atoms with Crippen molar-refractivity contribution in [3.63, 3.8) is 0 Å². The van der Waals surface area contributed by atoms with Crippen molar-refractivity contribution in [2.24, 2.45) is 5.73 Å². The molecule has 1 unspecified atom stereocenters. The summed E-state index contributed by atoms with van der Waals surface area (Å²) in [6.45, 7) is 2.57. The quantitative estimate of drug-likeness (QED) is 0.892. The molecule has 0 saturated heterocycles. The zero-order chi connectivity index (χ0) is 13.7. The van der Waals surface area contributed by atoms with Crippen molar-refractivity contribution in [3.05, 3.63) is 65.5 Å². The minimum Gasteiger partial charge on any atom is -0.494 e. The van der Waals surface area contributed by atoms with Gasteiger partial charge in [0.1, 0.15) is 11.6 Å². The van der Waals surface area contributed by atoms with Crippen LogP contribution in [0.5, 0.6) is 5.75 Å². The minimum absolute atomic E-state index is 0.165. The van der Waals surface area contributed by atoms with Crippen molar-refractivity contribution in [1.82, 2.24) is 0 Å². The van der Waals surface area contributed by atoms with Gasteiger partial charge >= 0.3 is 0 Å². The van der Waals surface area contributed by atoms with Gasteiger partial charge in [0.2, 0.25) is 0 Å². The summed E-state index contributed by atoms with van der Waals surface area (Å²) in [5.41, 5.74) is 8.06. The SMILES string of the molecule is CCOc1cccc(C(N)Cc2cccc(F)c2)c1. The molecule has 0 aliphatic heterocycles. The van der Waals surface area contributed by atoms with Gasteiger partial charge in [0.15, 0.2) is 0 Å². The smallest absolute Gasteiger partial charge is 0.123 e. The molecule has 19 heavy (non-hydrogen) atoms. The molecule has 2 rings (SSSR count). The second-order valence-electron chi connectivity index (χ2n) is 4.45. The zero-order valence-corrected chi connectivity index (χ0v) is 11.0. The molecule has 0 aliphatic rings. The maximum atomic E-state index is 13.1. The molecule has 0 fully saturated rings. The van der Waals surface area contributed by atoms with Gasteiger partial charge in [-0.1, -0.05) is 24.3 Å². The van der Waals surface area contributed by atoms with E-state index in [2.05, 4.69) is 0 Å². The first kappa shape index (κ1) is 13.6. The van der Waals surface area contributed by atoms with E-state index in [1.54, 1.807) is 6.07 Å². The van der Waals surface area contributed by atoms with E-state index in [4.69, 9.17) is 10.5 Å². The van der Waals surface area contributed by atoms with Crippen LogP contribution < -0.4 is 10.5 Å². The Morgan fingerprint density at radius 3 is 2.68 bits per heavy atom. The molecule has 100 valence electrons. The van der Waals surface area contributed by atoms with Crippen molar-refractivity contribution < 1.29 is 9.13 Å². The van der Waals surface area contributed by atoms with Crippen LogP contribution in [0.25, 0.3) is 0 Å². The molecule has 0 aromatic heterocycles. The third-order valence-corrected chi connectivity index (χ3v) is 2.94. The standard InChI is InChI=1S/C16H18FNO/c1-2-19-15-8-4-6-13(11-15)16(18)10-12-5-3-7-14(17)9-12/h3-9,11,16H,2,10,18H2,1H3. The summed E-state index contributed by atoms with van der Waals surface area (Å²) in [7, 11) is 0. The molecule has 0 radical (unpaired) electrons. The van der Waals surface area contributed by atoms with Gasteiger partial charge in [0.25, 0.3) is 0 Å². The van der Waals surface area contributed by atoms with Crippen LogP contribution in [0.1, 0.15) is 24.1 Å². The third kappa shape index (κ3) is 3.80. The van der Waals surface area contributed by atoms with Gasteiger partial charge < -0.3 is 10.5 Å². The highest BCUT2D eigenvalue weighted by molar-refractivity contribution is 5.31. The van der Waals surface area contributed by atoms with E-state index < -0.39 is 0 Å². The fraction of sp³-hybridized carbons (Fsp3) is 0.250. The number of benzene rings is 2. The van der Waals surface area contributed by atoms with Gasteiger partial charge in [-0.25, -0.2) is 4.39 Å². The Balaban J connectivity index is 2.11. The predicted molar refractivity (Wildman–Crippen MR) is 74.6 cm³/mol. The van der Waals surface area contributed by atoms with Gasteiger partial charge in [-0.2, -0.15) is 0 Å². The molecule has 2 nitrogen and oxygen atoms in total. The van der Waals surface area contributed by atoms with Crippen molar-refractivity contribution in [2.75, 3.05) is 6.61 Å². The zero-order valence-electron chi connectivity index (χ0n) is 11.0. The van der Waals surface area contributed by atoms with Crippen LogP contribution in [0, 0.1) is 5.82 Å². The maximum absolute atomic E-state index is 13.1. The first-order chi connectivity index (χ1) is 9.19. The minimum atomic E-state index is -0.229. The summed E-state index contributed by atoms with van der Waals surface area (Å²) in [5.74, 6) is 0.586. The molecule has 0 heterocycles. The van der Waals surface area contributed by atoms with E-state index in [-0.39, 0.29) is 11.9 Å². The van der Waals surface area contributed by atoms with Crippen LogP contribution in [0.2, 0.25) is 0 Å². The Bertz CT molecular complexity index is 542. The second-order valence-corrected chi connectivity index (χ2v) is 4.45. The molecule has 0 spiro atoms. The van der Waals surface area contributed by atoms with Crippen LogP contribution in [-0.4, -0.2) is 6.61 Å². The molecule has 2 aromatic carbocycles. The second kappa shape index (κ2) is 6.34. The Labute approximate surface area is 113 Å². The topological polar surface area (TPSA) is 35.2 Å². The van der Waals surface area contributed by atoms with E-state index in [1.165, 1.54) is 12.1 Å². The largest absolute Gasteiger partial charge is 0.494 e. The fourth-order valence-electron chi connectivity index (χ4n) is 2.04. The average Bonchev–Trinajstić information content (AvgIpc) is 2.39. The monoisotopic (exact) mass is 259 g/mol. The van der Waals surface area contributed by atoms with Crippen molar-refractivity contribution in [1.29, 1.82) is 0 Å². The lowest BCUT2D eigenvalue weighted by Crippen LogP contribution is -2.13. The number of halogens is 1. The highest BCUT2D eigenvalue weighted by Gasteiger charge is 2.08. The average molecular weight is 259 g/mol. The molecule has 0 bridgehead atoms. The summed E-state index contributed by atoms with van der Waals surface area (Å²) in [6, 6.07) is 14.1. The third-order valence-electron chi connectivity index (χ3n) is 2.94. The normalized spacial score (nSPS) is 12.2. The van der Waals surface area contributed by atoms with E-state index in [1.807, 2.05) is 37.3 Å². The molecule has 0 saturated carbocycles. The number of rotatable bonds is 5.